The number of fused-ring (bicyclic) bond motifs is 1. The summed E-state index contributed by atoms with van der Waals surface area (Å²) in [6, 6.07) is 26.9. The van der Waals surface area contributed by atoms with E-state index in [-0.39, 0.29) is 25.2 Å². The van der Waals surface area contributed by atoms with E-state index in [0.717, 1.165) is 16.7 Å². The first-order valence-corrected chi connectivity index (χ1v) is 10.0. The Balaban J connectivity index is 1.32. The SMILES string of the molecule is O=C(Cc1cc(-c2ccc3c(c2)OCO3)on1)NC(c1ccccc1)c1ccccc1. The quantitative estimate of drug-likeness (QED) is 0.504. The summed E-state index contributed by atoms with van der Waals surface area (Å²) in [5, 5.41) is 7.19. The van der Waals surface area contributed by atoms with E-state index in [0.29, 0.717) is 23.0 Å². The third-order valence-corrected chi connectivity index (χ3v) is 5.13. The lowest BCUT2D eigenvalue weighted by atomic mass is 9.98. The zero-order valence-corrected chi connectivity index (χ0v) is 16.7. The Bertz CT molecular complexity index is 1150. The lowest BCUT2D eigenvalue weighted by Crippen LogP contribution is -2.30. The molecular formula is C25H20N2O4. The molecule has 4 aromatic rings. The van der Waals surface area contributed by atoms with Gasteiger partial charge in [-0.1, -0.05) is 65.8 Å². The van der Waals surface area contributed by atoms with Crippen molar-refractivity contribution in [2.45, 2.75) is 12.5 Å². The van der Waals surface area contributed by atoms with E-state index >= 15 is 0 Å². The second-order valence-corrected chi connectivity index (χ2v) is 7.25. The summed E-state index contributed by atoms with van der Waals surface area (Å²) in [4.78, 5) is 12.8. The predicted octanol–water partition coefficient (Wildman–Crippen LogP) is 4.52. The molecule has 0 unspecified atom stereocenters. The zero-order chi connectivity index (χ0) is 21.0. The highest BCUT2D eigenvalue weighted by Gasteiger charge is 2.19. The number of ether oxygens (including phenoxy) is 2. The van der Waals surface area contributed by atoms with E-state index in [9.17, 15) is 4.79 Å². The van der Waals surface area contributed by atoms with Crippen LogP contribution in [0.3, 0.4) is 0 Å². The van der Waals surface area contributed by atoms with Crippen LogP contribution < -0.4 is 14.8 Å². The summed E-state index contributed by atoms with van der Waals surface area (Å²) in [5.74, 6) is 1.81. The van der Waals surface area contributed by atoms with Gasteiger partial charge in [-0.25, -0.2) is 0 Å². The molecule has 154 valence electrons. The Morgan fingerprint density at radius 1 is 0.871 bits per heavy atom. The lowest BCUT2D eigenvalue weighted by Gasteiger charge is -2.19. The van der Waals surface area contributed by atoms with Crippen molar-refractivity contribution < 1.29 is 18.8 Å². The summed E-state index contributed by atoms with van der Waals surface area (Å²) < 4.78 is 16.2. The van der Waals surface area contributed by atoms with Gasteiger partial charge in [0.25, 0.3) is 0 Å². The van der Waals surface area contributed by atoms with Crippen LogP contribution in [-0.4, -0.2) is 17.9 Å². The van der Waals surface area contributed by atoms with Gasteiger partial charge in [0, 0.05) is 11.6 Å². The van der Waals surface area contributed by atoms with Crippen LogP contribution in [0.2, 0.25) is 0 Å². The van der Waals surface area contributed by atoms with Crippen LogP contribution in [0.15, 0.2) is 89.5 Å². The average molecular weight is 412 g/mol. The van der Waals surface area contributed by atoms with Crippen LogP contribution in [0.25, 0.3) is 11.3 Å². The number of rotatable bonds is 6. The minimum absolute atomic E-state index is 0.115. The molecule has 1 aliphatic rings. The fraction of sp³-hybridized carbons (Fsp3) is 0.120. The highest BCUT2D eigenvalue weighted by atomic mass is 16.7. The maximum atomic E-state index is 12.8. The standard InChI is InChI=1S/C25H20N2O4/c28-24(26-25(17-7-3-1-4-8-17)18-9-5-2-6-10-18)15-20-14-22(31-27-20)19-11-12-21-23(13-19)30-16-29-21/h1-14,25H,15-16H2,(H,26,28). The van der Waals surface area contributed by atoms with Gasteiger partial charge in [0.1, 0.15) is 0 Å². The molecule has 0 atom stereocenters. The molecule has 1 amide bonds. The largest absolute Gasteiger partial charge is 0.454 e. The summed E-state index contributed by atoms with van der Waals surface area (Å²) in [6.45, 7) is 0.213. The molecule has 0 radical (unpaired) electrons. The van der Waals surface area contributed by atoms with Crippen LogP contribution in [0.4, 0.5) is 0 Å². The molecule has 0 aliphatic carbocycles. The molecule has 0 spiro atoms. The first-order valence-electron chi connectivity index (χ1n) is 10.0. The van der Waals surface area contributed by atoms with E-state index in [1.807, 2.05) is 78.9 Å². The summed E-state index contributed by atoms with van der Waals surface area (Å²) in [5.41, 5.74) is 3.41. The van der Waals surface area contributed by atoms with Gasteiger partial charge in [0.2, 0.25) is 12.7 Å². The predicted molar refractivity (Wildman–Crippen MR) is 115 cm³/mol. The van der Waals surface area contributed by atoms with Crippen LogP contribution in [0, 0.1) is 0 Å². The van der Waals surface area contributed by atoms with Gasteiger partial charge < -0.3 is 19.3 Å². The lowest BCUT2D eigenvalue weighted by molar-refractivity contribution is -0.121. The third kappa shape index (κ3) is 4.14. The number of carbonyl (C=O) groups is 1. The van der Waals surface area contributed by atoms with E-state index < -0.39 is 0 Å². The Morgan fingerprint density at radius 3 is 2.26 bits per heavy atom. The molecule has 0 fully saturated rings. The van der Waals surface area contributed by atoms with Crippen molar-refractivity contribution in [1.82, 2.24) is 10.5 Å². The molecule has 0 bridgehead atoms. The molecule has 0 saturated heterocycles. The second-order valence-electron chi connectivity index (χ2n) is 7.25. The van der Waals surface area contributed by atoms with Gasteiger partial charge in [0.15, 0.2) is 17.3 Å². The molecular weight excluding hydrogens is 392 g/mol. The summed E-state index contributed by atoms with van der Waals surface area (Å²) in [7, 11) is 0. The van der Waals surface area contributed by atoms with Gasteiger partial charge in [-0.2, -0.15) is 0 Å². The topological polar surface area (TPSA) is 73.6 Å². The van der Waals surface area contributed by atoms with Gasteiger partial charge in [0.05, 0.1) is 18.2 Å². The Kier molecular flexibility index (Phi) is 5.10. The molecule has 6 nitrogen and oxygen atoms in total. The fourth-order valence-corrected chi connectivity index (χ4v) is 3.61. The van der Waals surface area contributed by atoms with Gasteiger partial charge >= 0.3 is 0 Å². The van der Waals surface area contributed by atoms with Crippen molar-refractivity contribution in [2.75, 3.05) is 6.79 Å². The zero-order valence-electron chi connectivity index (χ0n) is 16.7. The van der Waals surface area contributed by atoms with E-state index in [1.54, 1.807) is 6.07 Å². The summed E-state index contributed by atoms with van der Waals surface area (Å²) in [6.07, 6.45) is 0.115. The number of amides is 1. The number of benzene rings is 3. The van der Waals surface area contributed by atoms with Crippen molar-refractivity contribution in [1.29, 1.82) is 0 Å². The van der Waals surface area contributed by atoms with Crippen molar-refractivity contribution >= 4 is 5.91 Å². The Labute approximate surface area is 179 Å². The third-order valence-electron chi connectivity index (χ3n) is 5.13. The van der Waals surface area contributed by atoms with E-state index in [2.05, 4.69) is 10.5 Å². The molecule has 3 aromatic carbocycles. The molecule has 1 N–H and O–H groups in total. The Morgan fingerprint density at radius 2 is 1.55 bits per heavy atom. The highest BCUT2D eigenvalue weighted by Crippen LogP contribution is 2.36. The van der Waals surface area contributed by atoms with Crippen molar-refractivity contribution in [2.24, 2.45) is 0 Å². The van der Waals surface area contributed by atoms with Gasteiger partial charge in [-0.3, -0.25) is 4.79 Å². The van der Waals surface area contributed by atoms with Gasteiger partial charge in [-0.15, -0.1) is 0 Å². The average Bonchev–Trinajstić information content (AvgIpc) is 3.47. The van der Waals surface area contributed by atoms with Crippen LogP contribution in [-0.2, 0) is 11.2 Å². The fourth-order valence-electron chi connectivity index (χ4n) is 3.61. The second kappa shape index (κ2) is 8.36. The number of nitrogens with one attached hydrogen (secondary N) is 1. The Hall–Kier alpha value is -4.06. The molecule has 0 saturated carbocycles. The van der Waals surface area contributed by atoms with Crippen LogP contribution >= 0.6 is 0 Å². The normalized spacial score (nSPS) is 12.2. The van der Waals surface area contributed by atoms with Gasteiger partial charge in [-0.05, 0) is 29.3 Å². The minimum Gasteiger partial charge on any atom is -0.454 e. The monoisotopic (exact) mass is 412 g/mol. The molecule has 1 aromatic heterocycles. The number of hydrogen-bond donors (Lipinski definition) is 1. The molecule has 6 heteroatoms. The van der Waals surface area contributed by atoms with Crippen LogP contribution in [0.1, 0.15) is 22.9 Å². The first-order chi connectivity index (χ1) is 15.3. The number of nitrogens with zero attached hydrogens (tertiary/aromatic N) is 1. The molecule has 5 rings (SSSR count). The van der Waals surface area contributed by atoms with E-state index in [1.165, 1.54) is 0 Å². The molecule has 31 heavy (non-hydrogen) atoms. The number of carbonyl (C=O) groups excluding carboxylic acids is 1. The first kappa shape index (κ1) is 18.9. The van der Waals surface area contributed by atoms with Crippen molar-refractivity contribution in [3.8, 4) is 22.8 Å². The van der Waals surface area contributed by atoms with Crippen molar-refractivity contribution in [3.63, 3.8) is 0 Å². The van der Waals surface area contributed by atoms with E-state index in [4.69, 9.17) is 14.0 Å². The highest BCUT2D eigenvalue weighted by molar-refractivity contribution is 5.79. The minimum atomic E-state index is -0.241. The van der Waals surface area contributed by atoms with Crippen LogP contribution in [0.5, 0.6) is 11.5 Å². The molecule has 2 heterocycles. The smallest absolute Gasteiger partial charge is 0.231 e. The maximum absolute atomic E-state index is 12.8. The maximum Gasteiger partial charge on any atom is 0.231 e. The molecule has 1 aliphatic heterocycles. The number of hydrogen-bond acceptors (Lipinski definition) is 5. The number of aromatic nitrogens is 1. The summed E-state index contributed by atoms with van der Waals surface area (Å²) >= 11 is 0. The van der Waals surface area contributed by atoms with Crippen molar-refractivity contribution in [3.05, 3.63) is 102 Å².